The van der Waals surface area contributed by atoms with Gasteiger partial charge in [0.15, 0.2) is 0 Å². The first kappa shape index (κ1) is 16.8. The Morgan fingerprint density at radius 3 is 2.42 bits per heavy atom. The summed E-state index contributed by atoms with van der Waals surface area (Å²) in [5.74, 6) is 1.53. The van der Waals surface area contributed by atoms with E-state index in [1.165, 1.54) is 19.3 Å². The monoisotopic (exact) mass is 352 g/mol. The van der Waals surface area contributed by atoms with Crippen LogP contribution in [0.1, 0.15) is 81.8 Å². The summed E-state index contributed by atoms with van der Waals surface area (Å²) in [6.45, 7) is 6.72. The Bertz CT molecular complexity index is 692. The number of likely N-dealkylation sites (N-methyl/N-ethyl adjacent to an activating group) is 1. The number of benzene rings is 1. The Balaban J connectivity index is 1.46. The fourth-order valence-electron chi connectivity index (χ4n) is 7.24. The number of nitrogens with one attached hydrogen (secondary N) is 1. The molecule has 1 amide bonds. The van der Waals surface area contributed by atoms with Gasteiger partial charge in [0, 0.05) is 5.54 Å². The predicted molar refractivity (Wildman–Crippen MR) is 104 cm³/mol. The van der Waals surface area contributed by atoms with Gasteiger partial charge in [-0.15, -0.1) is 0 Å². The summed E-state index contributed by atoms with van der Waals surface area (Å²) in [5.41, 5.74) is 3.54. The average molecular weight is 353 g/mol. The third-order valence-corrected chi connectivity index (χ3v) is 7.85. The Hall–Kier alpha value is -1.35. The number of carbonyl (C=O) groups is 1. The van der Waals surface area contributed by atoms with Gasteiger partial charge in [0.05, 0.1) is 6.04 Å². The minimum Gasteiger partial charge on any atom is -0.349 e. The Labute approximate surface area is 157 Å². The molecule has 1 saturated heterocycles. The van der Waals surface area contributed by atoms with Gasteiger partial charge in [-0.25, -0.2) is 0 Å². The quantitative estimate of drug-likeness (QED) is 0.884. The van der Waals surface area contributed by atoms with Crippen molar-refractivity contribution in [3.8, 4) is 0 Å². The number of hydrogen-bond acceptors (Lipinski definition) is 2. The van der Waals surface area contributed by atoms with Crippen LogP contribution in [0.25, 0.3) is 0 Å². The van der Waals surface area contributed by atoms with Crippen molar-refractivity contribution in [2.24, 2.45) is 5.41 Å². The first-order valence-electron chi connectivity index (χ1n) is 10.7. The summed E-state index contributed by atoms with van der Waals surface area (Å²) in [6, 6.07) is 9.23. The molecule has 0 radical (unpaired) electrons. The summed E-state index contributed by atoms with van der Waals surface area (Å²) in [7, 11) is 0. The van der Waals surface area contributed by atoms with Crippen molar-refractivity contribution in [2.45, 2.75) is 82.2 Å². The molecule has 5 aliphatic rings. The molecule has 26 heavy (non-hydrogen) atoms. The van der Waals surface area contributed by atoms with E-state index in [4.69, 9.17) is 0 Å². The molecular formula is C23H32N2O. The van der Waals surface area contributed by atoms with Crippen LogP contribution in [0.4, 0.5) is 0 Å². The minimum atomic E-state index is 0.0126. The smallest absolute Gasteiger partial charge is 0.237 e. The zero-order valence-corrected chi connectivity index (χ0v) is 16.3. The van der Waals surface area contributed by atoms with E-state index in [0.29, 0.717) is 23.2 Å². The van der Waals surface area contributed by atoms with Gasteiger partial charge in [-0.3, -0.25) is 9.69 Å². The van der Waals surface area contributed by atoms with Gasteiger partial charge in [-0.1, -0.05) is 38.1 Å². The molecule has 4 bridgehead atoms. The van der Waals surface area contributed by atoms with Gasteiger partial charge in [-0.05, 0) is 86.4 Å². The topological polar surface area (TPSA) is 32.3 Å². The zero-order chi connectivity index (χ0) is 17.9. The van der Waals surface area contributed by atoms with E-state index in [1.54, 1.807) is 11.1 Å². The maximum absolute atomic E-state index is 13.2. The molecule has 1 aromatic rings. The van der Waals surface area contributed by atoms with Crippen LogP contribution < -0.4 is 5.32 Å². The van der Waals surface area contributed by atoms with E-state index >= 15 is 0 Å². The first-order valence-corrected chi connectivity index (χ1v) is 10.7. The minimum absolute atomic E-state index is 0.0126. The van der Waals surface area contributed by atoms with Crippen LogP contribution in [0, 0.1) is 5.41 Å². The molecule has 1 N–H and O–H groups in total. The third kappa shape index (κ3) is 2.54. The maximum Gasteiger partial charge on any atom is 0.237 e. The van der Waals surface area contributed by atoms with E-state index < -0.39 is 0 Å². The molecule has 4 aliphatic carbocycles. The third-order valence-electron chi connectivity index (χ3n) is 7.85. The molecule has 2 saturated carbocycles. The summed E-state index contributed by atoms with van der Waals surface area (Å²) in [5, 5.41) is 3.65. The Morgan fingerprint density at radius 2 is 1.81 bits per heavy atom. The van der Waals surface area contributed by atoms with Crippen LogP contribution in [-0.4, -0.2) is 35.5 Å². The number of nitrogens with zero attached hydrogens (tertiary/aromatic N) is 1. The highest BCUT2D eigenvalue weighted by molar-refractivity contribution is 5.83. The van der Waals surface area contributed by atoms with Gasteiger partial charge in [0.1, 0.15) is 0 Å². The highest BCUT2D eigenvalue weighted by atomic mass is 16.2. The zero-order valence-electron chi connectivity index (χ0n) is 16.3. The van der Waals surface area contributed by atoms with E-state index in [9.17, 15) is 4.79 Å². The van der Waals surface area contributed by atoms with Crippen LogP contribution in [0.5, 0.6) is 0 Å². The van der Waals surface area contributed by atoms with Gasteiger partial charge in [0.25, 0.3) is 0 Å². The lowest BCUT2D eigenvalue weighted by atomic mass is 9.55. The highest BCUT2D eigenvalue weighted by Crippen LogP contribution is 2.62. The predicted octanol–water partition coefficient (Wildman–Crippen LogP) is 4.19. The summed E-state index contributed by atoms with van der Waals surface area (Å²) in [6.07, 6.45) is 8.23. The Kier molecular flexibility index (Phi) is 3.76. The molecule has 1 aromatic carbocycles. The molecule has 1 heterocycles. The lowest BCUT2D eigenvalue weighted by Gasteiger charge is -2.54. The van der Waals surface area contributed by atoms with E-state index in [0.717, 1.165) is 38.8 Å². The fourth-order valence-corrected chi connectivity index (χ4v) is 7.24. The second-order valence-electron chi connectivity index (χ2n) is 9.88. The number of carbonyl (C=O) groups excluding carboxylic acids is 1. The van der Waals surface area contributed by atoms with Crippen LogP contribution in [0.3, 0.4) is 0 Å². The van der Waals surface area contributed by atoms with Crippen molar-refractivity contribution in [2.75, 3.05) is 13.1 Å². The molecule has 3 fully saturated rings. The van der Waals surface area contributed by atoms with Gasteiger partial charge < -0.3 is 5.32 Å². The highest BCUT2D eigenvalue weighted by Gasteiger charge is 2.55. The normalized spacial score (nSPS) is 41.1. The van der Waals surface area contributed by atoms with Crippen LogP contribution >= 0.6 is 0 Å². The summed E-state index contributed by atoms with van der Waals surface area (Å²) in [4.78, 5) is 15.6. The molecule has 1 aliphatic heterocycles. The number of hydrogen-bond donors (Lipinski definition) is 1. The molecule has 0 spiro atoms. The molecule has 3 heteroatoms. The van der Waals surface area contributed by atoms with E-state index in [1.807, 2.05) is 0 Å². The van der Waals surface area contributed by atoms with Crippen molar-refractivity contribution in [1.29, 1.82) is 0 Å². The summed E-state index contributed by atoms with van der Waals surface area (Å²) >= 11 is 0. The fraction of sp³-hybridized carbons (Fsp3) is 0.696. The van der Waals surface area contributed by atoms with Crippen molar-refractivity contribution in [3.05, 3.63) is 35.4 Å². The number of likely N-dealkylation sites (tertiary alicyclic amines) is 1. The van der Waals surface area contributed by atoms with E-state index in [-0.39, 0.29) is 11.6 Å². The summed E-state index contributed by atoms with van der Waals surface area (Å²) < 4.78 is 0. The lowest BCUT2D eigenvalue weighted by Crippen LogP contribution is -2.60. The molecule has 140 valence electrons. The van der Waals surface area contributed by atoms with E-state index in [2.05, 4.69) is 48.3 Å². The molecular weight excluding hydrogens is 320 g/mol. The first-order chi connectivity index (χ1) is 12.5. The molecule has 0 aromatic heterocycles. The van der Waals surface area contributed by atoms with Crippen LogP contribution in [0.2, 0.25) is 0 Å². The second kappa shape index (κ2) is 5.82. The van der Waals surface area contributed by atoms with Gasteiger partial charge in [-0.2, -0.15) is 0 Å². The van der Waals surface area contributed by atoms with Crippen LogP contribution in [-0.2, 0) is 4.79 Å². The SMILES string of the molecule is CCN1CCC[C@@H]1C(=O)NC12CC3CC(C)(CC(C1)c1ccccc13)C2. The van der Waals surface area contributed by atoms with Gasteiger partial charge in [0.2, 0.25) is 5.91 Å². The van der Waals surface area contributed by atoms with Crippen molar-refractivity contribution in [1.82, 2.24) is 10.2 Å². The van der Waals surface area contributed by atoms with Crippen molar-refractivity contribution < 1.29 is 4.79 Å². The lowest BCUT2D eigenvalue weighted by molar-refractivity contribution is -0.129. The molecule has 6 rings (SSSR count). The molecule has 3 nitrogen and oxygen atoms in total. The average Bonchev–Trinajstić information content (AvgIpc) is 3.03. The Morgan fingerprint density at radius 1 is 1.15 bits per heavy atom. The number of rotatable bonds is 3. The number of amides is 1. The van der Waals surface area contributed by atoms with Gasteiger partial charge >= 0.3 is 0 Å². The maximum atomic E-state index is 13.2. The van der Waals surface area contributed by atoms with Crippen molar-refractivity contribution >= 4 is 5.91 Å². The second-order valence-corrected chi connectivity index (χ2v) is 9.88. The van der Waals surface area contributed by atoms with Crippen molar-refractivity contribution in [3.63, 3.8) is 0 Å². The largest absolute Gasteiger partial charge is 0.349 e. The standard InChI is InChI=1S/C23H32N2O/c1-3-25-10-6-9-20(25)21(26)24-23-13-16-11-22(2,15-23)12-17(14-23)19-8-5-4-7-18(16)19/h4-5,7-8,16-17,20H,3,6,9-15H2,1-2H3,(H,24,26)/t16?,17?,20-,22?,23?/m1/s1. The molecule has 2 unspecified atom stereocenters. The van der Waals surface area contributed by atoms with Crippen LogP contribution in [0.15, 0.2) is 24.3 Å². The molecule has 3 atom stereocenters.